The van der Waals surface area contributed by atoms with Crippen LogP contribution in [0.3, 0.4) is 0 Å². The van der Waals surface area contributed by atoms with Crippen molar-refractivity contribution in [3.05, 3.63) is 24.3 Å². The molecule has 0 spiro atoms. The van der Waals surface area contributed by atoms with Crippen molar-refractivity contribution in [1.29, 1.82) is 0 Å². The van der Waals surface area contributed by atoms with Gasteiger partial charge in [-0.15, -0.1) is 0 Å². The Morgan fingerprint density at radius 3 is 2.57 bits per heavy atom. The summed E-state index contributed by atoms with van der Waals surface area (Å²) in [5, 5.41) is 8.54. The van der Waals surface area contributed by atoms with Crippen LogP contribution in [0.5, 0.6) is 0 Å². The molecule has 0 saturated heterocycles. The molecule has 0 bridgehead atoms. The monoisotopic (exact) mass is 320 g/mol. The molecule has 1 aliphatic carbocycles. The van der Waals surface area contributed by atoms with Crippen LogP contribution in [0.2, 0.25) is 0 Å². The van der Waals surface area contributed by atoms with Gasteiger partial charge in [0.2, 0.25) is 5.78 Å². The molecule has 0 aromatic heterocycles. The molecule has 0 aliphatic heterocycles. The highest BCUT2D eigenvalue weighted by atomic mass is 16.4. The molecule has 1 rings (SSSR count). The van der Waals surface area contributed by atoms with E-state index in [9.17, 15) is 9.59 Å². The molecule has 0 unspecified atom stereocenters. The van der Waals surface area contributed by atoms with Gasteiger partial charge in [-0.2, -0.15) is 0 Å². The van der Waals surface area contributed by atoms with Crippen molar-refractivity contribution in [2.75, 3.05) is 0 Å². The summed E-state index contributed by atoms with van der Waals surface area (Å²) in [7, 11) is 0. The predicted octanol–water partition coefficient (Wildman–Crippen LogP) is 5.31. The van der Waals surface area contributed by atoms with Crippen LogP contribution in [-0.2, 0) is 9.59 Å². The van der Waals surface area contributed by atoms with Gasteiger partial charge in [-0.25, -0.2) is 4.79 Å². The molecule has 23 heavy (non-hydrogen) atoms. The molecule has 0 heterocycles. The Hall–Kier alpha value is -1.38. The topological polar surface area (TPSA) is 54.4 Å². The minimum atomic E-state index is -1.29. The largest absolute Gasteiger partial charge is 0.476 e. The molecule has 1 saturated carbocycles. The van der Waals surface area contributed by atoms with E-state index in [1.165, 1.54) is 44.9 Å². The molecular formula is C20H32O3. The van der Waals surface area contributed by atoms with E-state index in [-0.39, 0.29) is 6.42 Å². The first-order valence-electron chi connectivity index (χ1n) is 9.19. The van der Waals surface area contributed by atoms with Crippen molar-refractivity contribution in [3.63, 3.8) is 0 Å². The summed E-state index contributed by atoms with van der Waals surface area (Å²) < 4.78 is 0. The van der Waals surface area contributed by atoms with Crippen molar-refractivity contribution in [3.8, 4) is 0 Å². The minimum Gasteiger partial charge on any atom is -0.476 e. The van der Waals surface area contributed by atoms with Crippen LogP contribution in [0.1, 0.15) is 77.6 Å². The quantitative estimate of drug-likeness (QED) is 0.301. The normalized spacial score (nSPS) is 21.4. The third kappa shape index (κ3) is 8.73. The fraction of sp³-hybridized carbons (Fsp3) is 0.700. The van der Waals surface area contributed by atoms with Gasteiger partial charge < -0.3 is 5.11 Å². The van der Waals surface area contributed by atoms with E-state index < -0.39 is 11.8 Å². The summed E-state index contributed by atoms with van der Waals surface area (Å²) in [5.74, 6) is -0.417. The van der Waals surface area contributed by atoms with Crippen LogP contribution in [-0.4, -0.2) is 16.9 Å². The average molecular weight is 320 g/mol. The van der Waals surface area contributed by atoms with Gasteiger partial charge in [-0.1, -0.05) is 43.6 Å². The zero-order valence-electron chi connectivity index (χ0n) is 14.5. The molecule has 0 aromatic rings. The lowest BCUT2D eigenvalue weighted by Gasteiger charge is -2.16. The second-order valence-electron chi connectivity index (χ2n) is 6.61. The van der Waals surface area contributed by atoms with Crippen LogP contribution in [0.15, 0.2) is 24.3 Å². The molecule has 3 heteroatoms. The number of carbonyl (C=O) groups excluding carboxylic acids is 1. The maximum Gasteiger partial charge on any atom is 0.372 e. The predicted molar refractivity (Wildman–Crippen MR) is 94.4 cm³/mol. The summed E-state index contributed by atoms with van der Waals surface area (Å²) in [6.45, 7) is 2.07. The van der Waals surface area contributed by atoms with E-state index in [4.69, 9.17) is 5.11 Å². The first-order chi connectivity index (χ1) is 11.1. The highest BCUT2D eigenvalue weighted by Crippen LogP contribution is 2.36. The van der Waals surface area contributed by atoms with Crippen LogP contribution in [0, 0.1) is 11.8 Å². The number of ketones is 1. The summed E-state index contributed by atoms with van der Waals surface area (Å²) in [4.78, 5) is 21.5. The summed E-state index contributed by atoms with van der Waals surface area (Å²) in [5.41, 5.74) is 0. The molecule has 3 nitrogen and oxygen atoms in total. The minimum absolute atomic E-state index is 0.190. The second-order valence-corrected chi connectivity index (χ2v) is 6.61. The van der Waals surface area contributed by atoms with Crippen LogP contribution >= 0.6 is 0 Å². The number of carboxylic acids is 1. The first kappa shape index (κ1) is 19.7. The molecule has 1 fully saturated rings. The zero-order chi connectivity index (χ0) is 16.9. The number of Topliss-reactive ketones (excluding diaryl/α,β-unsaturated/α-hetero) is 1. The van der Waals surface area contributed by atoms with Crippen molar-refractivity contribution >= 4 is 11.8 Å². The smallest absolute Gasteiger partial charge is 0.372 e. The number of carbonyl (C=O) groups is 2. The molecule has 1 aliphatic rings. The van der Waals surface area contributed by atoms with Crippen LogP contribution in [0.25, 0.3) is 0 Å². The molecule has 2 atom stereocenters. The maximum atomic E-state index is 11.0. The van der Waals surface area contributed by atoms with Crippen molar-refractivity contribution in [2.24, 2.45) is 11.8 Å². The van der Waals surface area contributed by atoms with Crippen LogP contribution in [0.4, 0.5) is 0 Å². The Morgan fingerprint density at radius 1 is 1.04 bits per heavy atom. The summed E-state index contributed by atoms with van der Waals surface area (Å²) >= 11 is 0. The Bertz CT molecular complexity index is 409. The number of hydrogen-bond acceptors (Lipinski definition) is 2. The van der Waals surface area contributed by atoms with Gasteiger partial charge in [-0.3, -0.25) is 4.79 Å². The van der Waals surface area contributed by atoms with Gasteiger partial charge in [0.15, 0.2) is 0 Å². The summed E-state index contributed by atoms with van der Waals surface area (Å²) in [6.07, 6.45) is 20.9. The lowest BCUT2D eigenvalue weighted by Crippen LogP contribution is -2.11. The van der Waals surface area contributed by atoms with E-state index in [0.717, 1.165) is 24.7 Å². The fourth-order valence-corrected chi connectivity index (χ4v) is 3.44. The van der Waals surface area contributed by atoms with Crippen molar-refractivity contribution < 1.29 is 14.7 Å². The number of aliphatic carboxylic acids is 1. The maximum absolute atomic E-state index is 11.0. The van der Waals surface area contributed by atoms with Gasteiger partial charge in [0.1, 0.15) is 0 Å². The lowest BCUT2D eigenvalue weighted by molar-refractivity contribution is -0.149. The number of hydrogen-bond donors (Lipinski definition) is 1. The van der Waals surface area contributed by atoms with E-state index >= 15 is 0 Å². The van der Waals surface area contributed by atoms with Gasteiger partial charge >= 0.3 is 5.97 Å². The Labute approximate surface area is 140 Å². The fourth-order valence-electron chi connectivity index (χ4n) is 3.44. The number of unbranched alkanes of at least 4 members (excludes halogenated alkanes) is 4. The average Bonchev–Trinajstić information content (AvgIpc) is 2.97. The standard InChI is InChI=1S/C20H32O3/c1-2-3-4-5-6-8-12-17-14-11-15-18(17)13-9-7-10-16-19(21)20(22)23/h2-3,8,12,17-18H,4-7,9-11,13-16H2,1H3,(H,22,23)/t17-,18-/m0/s1. The number of rotatable bonds is 12. The molecule has 0 aromatic carbocycles. The first-order valence-corrected chi connectivity index (χ1v) is 9.19. The number of carboxylic acid groups (broad SMARTS) is 1. The Balaban J connectivity index is 2.14. The Kier molecular flexibility index (Phi) is 10.3. The molecular weight excluding hydrogens is 288 g/mol. The van der Waals surface area contributed by atoms with Crippen molar-refractivity contribution in [1.82, 2.24) is 0 Å². The molecule has 0 radical (unpaired) electrons. The highest BCUT2D eigenvalue weighted by Gasteiger charge is 2.24. The van der Waals surface area contributed by atoms with E-state index in [0.29, 0.717) is 6.42 Å². The van der Waals surface area contributed by atoms with Gasteiger partial charge in [0.25, 0.3) is 0 Å². The van der Waals surface area contributed by atoms with Gasteiger partial charge in [0.05, 0.1) is 0 Å². The van der Waals surface area contributed by atoms with E-state index in [1.54, 1.807) is 0 Å². The second kappa shape index (κ2) is 12.1. The zero-order valence-corrected chi connectivity index (χ0v) is 14.5. The SMILES string of the molecule is CC=CCCCC=C[C@H]1CCC[C@@H]1CCCCCC(=O)C(=O)O. The van der Waals surface area contributed by atoms with Gasteiger partial charge in [-0.05, 0) is 63.7 Å². The van der Waals surface area contributed by atoms with E-state index in [2.05, 4.69) is 31.2 Å². The third-order valence-electron chi connectivity index (χ3n) is 4.80. The third-order valence-corrected chi connectivity index (χ3v) is 4.80. The van der Waals surface area contributed by atoms with E-state index in [1.807, 2.05) is 0 Å². The molecule has 130 valence electrons. The van der Waals surface area contributed by atoms with Gasteiger partial charge in [0, 0.05) is 6.42 Å². The molecule has 0 amide bonds. The van der Waals surface area contributed by atoms with Crippen molar-refractivity contribution in [2.45, 2.75) is 77.6 Å². The number of allylic oxidation sites excluding steroid dienone is 4. The van der Waals surface area contributed by atoms with Crippen LogP contribution < -0.4 is 0 Å². The Morgan fingerprint density at radius 2 is 1.83 bits per heavy atom. The highest BCUT2D eigenvalue weighted by molar-refractivity contribution is 6.32. The summed E-state index contributed by atoms with van der Waals surface area (Å²) in [6, 6.07) is 0. The molecule has 1 N–H and O–H groups in total. The lowest BCUT2D eigenvalue weighted by atomic mass is 9.90.